The number of rotatable bonds is 9. The largest absolute Gasteiger partial charge is 0.490 e. The Morgan fingerprint density at radius 1 is 1.18 bits per heavy atom. The van der Waals surface area contributed by atoms with Crippen LogP contribution in [0.25, 0.3) is 6.08 Å². The molecule has 0 bridgehead atoms. The molecule has 9 heteroatoms. The minimum atomic E-state index is -0.983. The van der Waals surface area contributed by atoms with Crippen molar-refractivity contribution in [1.29, 1.82) is 0 Å². The Labute approximate surface area is 202 Å². The topological polar surface area (TPSA) is 88.4 Å². The number of carbonyl (C=O) groups excluding carboxylic acids is 1. The number of aromatic carboxylic acids is 1. The molecule has 0 unspecified atom stereocenters. The number of nitrogens with zero attached hydrogens (tertiary/aromatic N) is 2. The van der Waals surface area contributed by atoms with Crippen molar-refractivity contribution in [3.63, 3.8) is 0 Å². The van der Waals surface area contributed by atoms with E-state index in [4.69, 9.17) is 26.2 Å². The number of amides is 1. The van der Waals surface area contributed by atoms with Gasteiger partial charge in [0, 0.05) is 13.1 Å². The fourth-order valence-electron chi connectivity index (χ4n) is 3.16. The number of amidine groups is 1. The summed E-state index contributed by atoms with van der Waals surface area (Å²) in [6.45, 7) is 7.45. The van der Waals surface area contributed by atoms with Gasteiger partial charge >= 0.3 is 5.97 Å². The molecular formula is C24H25ClN2O5S. The van der Waals surface area contributed by atoms with Gasteiger partial charge in [0.1, 0.15) is 6.61 Å². The van der Waals surface area contributed by atoms with Crippen molar-refractivity contribution in [3.05, 3.63) is 63.0 Å². The molecule has 1 aliphatic heterocycles. The van der Waals surface area contributed by atoms with E-state index in [2.05, 4.69) is 4.99 Å². The average molecular weight is 489 g/mol. The number of benzene rings is 2. The van der Waals surface area contributed by atoms with E-state index >= 15 is 0 Å². The molecule has 0 saturated carbocycles. The fourth-order valence-corrected chi connectivity index (χ4v) is 4.54. The summed E-state index contributed by atoms with van der Waals surface area (Å²) in [6.07, 6.45) is 1.77. The van der Waals surface area contributed by atoms with Crippen LogP contribution in [0.1, 0.15) is 42.3 Å². The first-order valence-corrected chi connectivity index (χ1v) is 11.7. The highest BCUT2D eigenvalue weighted by molar-refractivity contribution is 8.18. The van der Waals surface area contributed by atoms with E-state index in [1.54, 1.807) is 35.2 Å². The van der Waals surface area contributed by atoms with Gasteiger partial charge in [0.25, 0.3) is 5.91 Å². The maximum Gasteiger partial charge on any atom is 0.335 e. The van der Waals surface area contributed by atoms with Gasteiger partial charge < -0.3 is 14.6 Å². The van der Waals surface area contributed by atoms with E-state index in [0.717, 1.165) is 5.56 Å². The standard InChI is InChI=1S/C24H25ClN2O5S/c1-4-26-24-27(5-2)22(28)20(33-24)13-16-11-18(25)21(19(12-16)31-6-3)32-14-15-7-9-17(10-8-15)23(29)30/h7-13H,4-6,14H2,1-3H3,(H,29,30)/b20-13-,26-24?. The van der Waals surface area contributed by atoms with E-state index in [0.29, 0.717) is 51.9 Å². The van der Waals surface area contributed by atoms with Crippen LogP contribution in [-0.4, -0.2) is 46.7 Å². The molecule has 1 amide bonds. The molecule has 2 aromatic carbocycles. The van der Waals surface area contributed by atoms with Gasteiger partial charge in [-0.2, -0.15) is 0 Å². The summed E-state index contributed by atoms with van der Waals surface area (Å²) < 4.78 is 11.7. The van der Waals surface area contributed by atoms with E-state index < -0.39 is 5.97 Å². The third kappa shape index (κ3) is 5.89. The van der Waals surface area contributed by atoms with Crippen LogP contribution in [0.15, 0.2) is 46.3 Å². The third-order valence-electron chi connectivity index (χ3n) is 4.71. The first kappa shape index (κ1) is 24.7. The molecule has 0 aliphatic carbocycles. The van der Waals surface area contributed by atoms with E-state index in [1.165, 1.54) is 23.9 Å². The minimum absolute atomic E-state index is 0.0890. The predicted molar refractivity (Wildman–Crippen MR) is 131 cm³/mol. The van der Waals surface area contributed by atoms with E-state index in [9.17, 15) is 9.59 Å². The lowest BCUT2D eigenvalue weighted by Crippen LogP contribution is -2.28. The molecule has 1 saturated heterocycles. The molecule has 2 aromatic rings. The van der Waals surface area contributed by atoms with Gasteiger partial charge in [-0.1, -0.05) is 23.7 Å². The Bertz CT molecular complexity index is 1100. The molecule has 1 fully saturated rings. The Hall–Kier alpha value is -2.97. The second-order valence-electron chi connectivity index (χ2n) is 6.97. The van der Waals surface area contributed by atoms with Crippen molar-refractivity contribution >= 4 is 46.5 Å². The number of likely N-dealkylation sites (N-methyl/N-ethyl adjacent to an activating group) is 1. The van der Waals surface area contributed by atoms with Crippen LogP contribution in [0.5, 0.6) is 11.5 Å². The number of thioether (sulfide) groups is 1. The molecule has 3 rings (SSSR count). The number of ether oxygens (including phenoxy) is 2. The number of hydrogen-bond donors (Lipinski definition) is 1. The Morgan fingerprint density at radius 2 is 1.91 bits per heavy atom. The quantitative estimate of drug-likeness (QED) is 0.480. The SMILES string of the molecule is CCN=C1S/C(=C\c2cc(Cl)c(OCc3ccc(C(=O)O)cc3)c(OCC)c2)C(=O)N1CC. The smallest absolute Gasteiger partial charge is 0.335 e. The number of hydrogen-bond acceptors (Lipinski definition) is 6. The summed E-state index contributed by atoms with van der Waals surface area (Å²) in [5, 5.41) is 10.1. The lowest BCUT2D eigenvalue weighted by Gasteiger charge is -2.15. The molecule has 174 valence electrons. The Kier molecular flexibility index (Phi) is 8.41. The Balaban J connectivity index is 1.85. The van der Waals surface area contributed by atoms with Crippen LogP contribution in [0, 0.1) is 0 Å². The summed E-state index contributed by atoms with van der Waals surface area (Å²) in [4.78, 5) is 30.4. The van der Waals surface area contributed by atoms with Crippen LogP contribution < -0.4 is 9.47 Å². The second kappa shape index (κ2) is 11.2. The maximum atomic E-state index is 12.7. The van der Waals surface area contributed by atoms with Crippen LogP contribution in [0.4, 0.5) is 0 Å². The van der Waals surface area contributed by atoms with Crippen LogP contribution >= 0.6 is 23.4 Å². The van der Waals surface area contributed by atoms with Gasteiger partial charge in [-0.3, -0.25) is 14.7 Å². The number of carbonyl (C=O) groups is 2. The van der Waals surface area contributed by atoms with Crippen LogP contribution in [0.3, 0.4) is 0 Å². The molecule has 7 nitrogen and oxygen atoms in total. The second-order valence-corrected chi connectivity index (χ2v) is 8.39. The summed E-state index contributed by atoms with van der Waals surface area (Å²) >= 11 is 7.86. The molecule has 1 N–H and O–H groups in total. The summed E-state index contributed by atoms with van der Waals surface area (Å²) in [5.41, 5.74) is 1.71. The highest BCUT2D eigenvalue weighted by Crippen LogP contribution is 2.39. The fraction of sp³-hybridized carbons (Fsp3) is 0.292. The van der Waals surface area contributed by atoms with Crippen molar-refractivity contribution < 1.29 is 24.2 Å². The third-order valence-corrected chi connectivity index (χ3v) is 6.04. The molecule has 33 heavy (non-hydrogen) atoms. The first-order valence-electron chi connectivity index (χ1n) is 10.5. The molecular weight excluding hydrogens is 464 g/mol. The minimum Gasteiger partial charge on any atom is -0.490 e. The molecule has 0 atom stereocenters. The zero-order valence-electron chi connectivity index (χ0n) is 18.6. The Morgan fingerprint density at radius 3 is 2.52 bits per heavy atom. The van der Waals surface area contributed by atoms with E-state index in [1.807, 2.05) is 20.8 Å². The van der Waals surface area contributed by atoms with Crippen molar-refractivity contribution in [1.82, 2.24) is 4.90 Å². The van der Waals surface area contributed by atoms with Crippen LogP contribution in [-0.2, 0) is 11.4 Å². The molecule has 0 radical (unpaired) electrons. The van der Waals surface area contributed by atoms with Gasteiger partial charge in [-0.25, -0.2) is 4.79 Å². The molecule has 1 heterocycles. The highest BCUT2D eigenvalue weighted by Gasteiger charge is 2.32. The average Bonchev–Trinajstić information content (AvgIpc) is 3.07. The van der Waals surface area contributed by atoms with Crippen molar-refractivity contribution in [2.75, 3.05) is 19.7 Å². The summed E-state index contributed by atoms with van der Waals surface area (Å²) in [6, 6.07) is 9.92. The highest BCUT2D eigenvalue weighted by atomic mass is 35.5. The number of carboxylic acids is 1. The zero-order valence-corrected chi connectivity index (χ0v) is 20.2. The number of aliphatic imine (C=N–C) groups is 1. The molecule has 1 aliphatic rings. The van der Waals surface area contributed by atoms with Crippen molar-refractivity contribution in [2.45, 2.75) is 27.4 Å². The van der Waals surface area contributed by atoms with Crippen LogP contribution in [0.2, 0.25) is 5.02 Å². The lowest BCUT2D eigenvalue weighted by molar-refractivity contribution is -0.122. The summed E-state index contributed by atoms with van der Waals surface area (Å²) in [5.74, 6) is -0.224. The van der Waals surface area contributed by atoms with Crippen molar-refractivity contribution in [3.8, 4) is 11.5 Å². The summed E-state index contributed by atoms with van der Waals surface area (Å²) in [7, 11) is 0. The molecule has 0 spiro atoms. The predicted octanol–water partition coefficient (Wildman–Crippen LogP) is 5.33. The normalized spacial score (nSPS) is 16.0. The monoisotopic (exact) mass is 488 g/mol. The molecule has 0 aromatic heterocycles. The van der Waals surface area contributed by atoms with Gasteiger partial charge in [-0.15, -0.1) is 0 Å². The lowest BCUT2D eigenvalue weighted by atomic mass is 10.1. The number of carboxylic acid groups (broad SMARTS) is 1. The van der Waals surface area contributed by atoms with E-state index in [-0.39, 0.29) is 18.1 Å². The van der Waals surface area contributed by atoms with Crippen molar-refractivity contribution in [2.24, 2.45) is 4.99 Å². The van der Waals surface area contributed by atoms with Gasteiger partial charge in [-0.05, 0) is 74.0 Å². The first-order chi connectivity index (χ1) is 15.9. The number of halogens is 1. The van der Waals surface area contributed by atoms with Gasteiger partial charge in [0.05, 0.1) is 22.1 Å². The maximum absolute atomic E-state index is 12.7. The zero-order chi connectivity index (χ0) is 24.0. The van der Waals surface area contributed by atoms with Gasteiger partial charge in [0.15, 0.2) is 16.7 Å². The van der Waals surface area contributed by atoms with Gasteiger partial charge in [0.2, 0.25) is 0 Å².